The van der Waals surface area contributed by atoms with Crippen molar-refractivity contribution in [2.45, 2.75) is 13.3 Å². The molecule has 4 nitrogen and oxygen atoms in total. The number of aromatic nitrogens is 1. The van der Waals surface area contributed by atoms with Gasteiger partial charge in [0.15, 0.2) is 0 Å². The third kappa shape index (κ3) is 4.09. The highest BCUT2D eigenvalue weighted by atomic mass is 35.5. The highest BCUT2D eigenvalue weighted by molar-refractivity contribution is 6.41. The molecule has 1 N–H and O–H groups in total. The van der Waals surface area contributed by atoms with Crippen LogP contribution in [0.3, 0.4) is 0 Å². The molecule has 0 atom stereocenters. The van der Waals surface area contributed by atoms with E-state index in [4.69, 9.17) is 27.9 Å². The number of para-hydroxylation sites is 2. The maximum Gasteiger partial charge on any atom is 0.257 e. The van der Waals surface area contributed by atoms with Crippen LogP contribution in [0, 0.1) is 0 Å². The summed E-state index contributed by atoms with van der Waals surface area (Å²) in [5.74, 6) is 0.300. The molecule has 0 aliphatic heterocycles. The lowest BCUT2D eigenvalue weighted by Crippen LogP contribution is -2.13. The molecule has 110 valence electrons. The van der Waals surface area contributed by atoms with E-state index in [0.717, 1.165) is 6.42 Å². The van der Waals surface area contributed by atoms with Crippen molar-refractivity contribution in [1.82, 2.24) is 4.98 Å². The molecule has 1 aromatic carbocycles. The predicted octanol–water partition coefficient (Wildman–Crippen LogP) is 4.43. The van der Waals surface area contributed by atoms with Crippen molar-refractivity contribution < 1.29 is 9.53 Å². The first-order valence-corrected chi connectivity index (χ1v) is 7.21. The number of ether oxygens (including phenoxy) is 1. The van der Waals surface area contributed by atoms with Crippen molar-refractivity contribution in [3.05, 3.63) is 52.3 Å². The van der Waals surface area contributed by atoms with Gasteiger partial charge >= 0.3 is 0 Å². The molecule has 2 aromatic rings. The number of benzene rings is 1. The average Bonchev–Trinajstić information content (AvgIpc) is 2.49. The fourth-order valence-electron chi connectivity index (χ4n) is 1.65. The monoisotopic (exact) mass is 324 g/mol. The Kier molecular flexibility index (Phi) is 5.42. The lowest BCUT2D eigenvalue weighted by atomic mass is 10.2. The number of halogens is 2. The largest absolute Gasteiger partial charge is 0.491 e. The van der Waals surface area contributed by atoms with Gasteiger partial charge in [-0.05, 0) is 24.6 Å². The minimum absolute atomic E-state index is 0.167. The SMILES string of the molecule is CCCOc1ccccc1NC(=O)c1cnc(Cl)c(Cl)c1. The summed E-state index contributed by atoms with van der Waals surface area (Å²) in [4.78, 5) is 16.1. The van der Waals surface area contributed by atoms with Crippen molar-refractivity contribution in [2.24, 2.45) is 0 Å². The Balaban J connectivity index is 2.17. The molecule has 0 spiro atoms. The van der Waals surface area contributed by atoms with Crippen LogP contribution in [0.25, 0.3) is 0 Å². The highest BCUT2D eigenvalue weighted by Crippen LogP contribution is 2.25. The van der Waals surface area contributed by atoms with Gasteiger partial charge in [0.25, 0.3) is 5.91 Å². The summed E-state index contributed by atoms with van der Waals surface area (Å²) in [5, 5.41) is 3.18. The van der Waals surface area contributed by atoms with Gasteiger partial charge in [0.1, 0.15) is 10.9 Å². The van der Waals surface area contributed by atoms with E-state index >= 15 is 0 Å². The Hall–Kier alpha value is -1.78. The highest BCUT2D eigenvalue weighted by Gasteiger charge is 2.12. The van der Waals surface area contributed by atoms with E-state index in [1.807, 2.05) is 19.1 Å². The Labute approximate surface area is 133 Å². The van der Waals surface area contributed by atoms with E-state index in [1.165, 1.54) is 12.3 Å². The number of carbonyl (C=O) groups excluding carboxylic acids is 1. The van der Waals surface area contributed by atoms with Crippen LogP contribution in [0.5, 0.6) is 5.75 Å². The molecule has 0 bridgehead atoms. The number of nitrogens with one attached hydrogen (secondary N) is 1. The standard InChI is InChI=1S/C15H14Cl2N2O2/c1-2-7-21-13-6-4-3-5-12(13)19-15(20)10-8-11(16)14(17)18-9-10/h3-6,8-9H,2,7H2,1H3,(H,19,20). The molecular formula is C15H14Cl2N2O2. The molecule has 6 heteroatoms. The van der Waals surface area contributed by atoms with E-state index in [0.29, 0.717) is 23.6 Å². The van der Waals surface area contributed by atoms with Gasteiger partial charge in [-0.3, -0.25) is 4.79 Å². The zero-order valence-corrected chi connectivity index (χ0v) is 12.9. The fourth-order valence-corrected chi connectivity index (χ4v) is 1.92. The van der Waals surface area contributed by atoms with Crippen LogP contribution >= 0.6 is 23.2 Å². The minimum atomic E-state index is -0.325. The van der Waals surface area contributed by atoms with Crippen LogP contribution in [0.1, 0.15) is 23.7 Å². The zero-order valence-electron chi connectivity index (χ0n) is 11.4. The van der Waals surface area contributed by atoms with Gasteiger partial charge in [0.2, 0.25) is 0 Å². The van der Waals surface area contributed by atoms with E-state index in [9.17, 15) is 4.79 Å². The Morgan fingerprint density at radius 2 is 2.10 bits per heavy atom. The summed E-state index contributed by atoms with van der Waals surface area (Å²) in [6.07, 6.45) is 2.26. The van der Waals surface area contributed by atoms with E-state index in [-0.39, 0.29) is 16.1 Å². The molecule has 1 aromatic heterocycles. The van der Waals surface area contributed by atoms with Crippen LogP contribution in [0.4, 0.5) is 5.69 Å². The average molecular weight is 325 g/mol. The summed E-state index contributed by atoms with van der Waals surface area (Å²) in [6, 6.07) is 8.72. The number of carbonyl (C=O) groups is 1. The van der Waals surface area contributed by atoms with Crippen LogP contribution in [-0.4, -0.2) is 17.5 Å². The van der Waals surface area contributed by atoms with E-state index < -0.39 is 0 Å². The fraction of sp³-hybridized carbons (Fsp3) is 0.200. The van der Waals surface area contributed by atoms with Crippen molar-refractivity contribution >= 4 is 34.8 Å². The Morgan fingerprint density at radius 1 is 1.33 bits per heavy atom. The lowest BCUT2D eigenvalue weighted by Gasteiger charge is -2.12. The van der Waals surface area contributed by atoms with Gasteiger partial charge in [-0.1, -0.05) is 42.3 Å². The number of anilines is 1. The zero-order chi connectivity index (χ0) is 15.2. The second kappa shape index (κ2) is 7.29. The first-order chi connectivity index (χ1) is 10.1. The van der Waals surface area contributed by atoms with Gasteiger partial charge in [0.05, 0.1) is 22.9 Å². The van der Waals surface area contributed by atoms with Crippen LogP contribution < -0.4 is 10.1 Å². The quantitative estimate of drug-likeness (QED) is 0.828. The third-order valence-electron chi connectivity index (χ3n) is 2.66. The molecule has 2 rings (SSSR count). The molecule has 1 amide bonds. The minimum Gasteiger partial charge on any atom is -0.491 e. The first-order valence-electron chi connectivity index (χ1n) is 6.46. The van der Waals surface area contributed by atoms with Crippen molar-refractivity contribution in [1.29, 1.82) is 0 Å². The molecule has 0 unspecified atom stereocenters. The molecule has 0 fully saturated rings. The number of amides is 1. The van der Waals surface area contributed by atoms with Gasteiger partial charge in [-0.15, -0.1) is 0 Å². The van der Waals surface area contributed by atoms with Crippen molar-refractivity contribution in [3.63, 3.8) is 0 Å². The van der Waals surface area contributed by atoms with E-state index in [1.54, 1.807) is 12.1 Å². The van der Waals surface area contributed by atoms with Crippen LogP contribution in [0.15, 0.2) is 36.5 Å². The van der Waals surface area contributed by atoms with Gasteiger partial charge < -0.3 is 10.1 Å². The lowest BCUT2D eigenvalue weighted by molar-refractivity contribution is 0.102. The van der Waals surface area contributed by atoms with Crippen LogP contribution in [0.2, 0.25) is 10.2 Å². The van der Waals surface area contributed by atoms with Crippen molar-refractivity contribution in [3.8, 4) is 5.75 Å². The van der Waals surface area contributed by atoms with E-state index in [2.05, 4.69) is 10.3 Å². The smallest absolute Gasteiger partial charge is 0.257 e. The maximum atomic E-state index is 12.2. The summed E-state index contributed by atoms with van der Waals surface area (Å²) in [6.45, 7) is 2.60. The Bertz CT molecular complexity index is 647. The summed E-state index contributed by atoms with van der Waals surface area (Å²) >= 11 is 11.6. The predicted molar refractivity (Wildman–Crippen MR) is 84.4 cm³/mol. The topological polar surface area (TPSA) is 51.2 Å². The molecular weight excluding hydrogens is 311 g/mol. The number of rotatable bonds is 5. The van der Waals surface area contributed by atoms with Crippen LogP contribution in [-0.2, 0) is 0 Å². The Morgan fingerprint density at radius 3 is 2.81 bits per heavy atom. The number of hydrogen-bond donors (Lipinski definition) is 1. The second-order valence-electron chi connectivity index (χ2n) is 4.30. The molecule has 0 saturated carbocycles. The molecule has 0 radical (unpaired) electrons. The molecule has 0 aliphatic carbocycles. The van der Waals surface area contributed by atoms with Gasteiger partial charge in [-0.25, -0.2) is 4.98 Å². The number of pyridine rings is 1. The second-order valence-corrected chi connectivity index (χ2v) is 5.06. The number of hydrogen-bond acceptors (Lipinski definition) is 3. The molecule has 0 aliphatic rings. The third-order valence-corrected chi connectivity index (χ3v) is 3.34. The summed E-state index contributed by atoms with van der Waals surface area (Å²) in [5.41, 5.74) is 0.928. The first kappa shape index (κ1) is 15.6. The van der Waals surface area contributed by atoms with Gasteiger partial charge in [-0.2, -0.15) is 0 Å². The molecule has 1 heterocycles. The number of nitrogens with zero attached hydrogens (tertiary/aromatic N) is 1. The maximum absolute atomic E-state index is 12.2. The molecule has 0 saturated heterocycles. The molecule has 21 heavy (non-hydrogen) atoms. The van der Waals surface area contributed by atoms with Gasteiger partial charge in [0, 0.05) is 6.20 Å². The normalized spacial score (nSPS) is 10.2. The summed E-state index contributed by atoms with van der Waals surface area (Å²) in [7, 11) is 0. The summed E-state index contributed by atoms with van der Waals surface area (Å²) < 4.78 is 5.59. The van der Waals surface area contributed by atoms with Crippen molar-refractivity contribution in [2.75, 3.05) is 11.9 Å².